The molecule has 2 heterocycles. The minimum absolute atomic E-state index is 0.101. The van der Waals surface area contributed by atoms with E-state index in [4.69, 9.17) is 4.74 Å². The molecular formula is C23H16F4N4O3S. The maximum Gasteiger partial charge on any atom is 0.226 e. The Bertz CT molecular complexity index is 1490. The van der Waals surface area contributed by atoms with E-state index in [2.05, 4.69) is 19.7 Å². The Morgan fingerprint density at radius 3 is 2.66 bits per heavy atom. The smallest absolute Gasteiger partial charge is 0.226 e. The summed E-state index contributed by atoms with van der Waals surface area (Å²) in [7, 11) is -2.44. The van der Waals surface area contributed by atoms with Crippen LogP contribution in [-0.2, 0) is 11.0 Å². The zero-order valence-electron chi connectivity index (χ0n) is 17.8. The van der Waals surface area contributed by atoms with Crippen LogP contribution in [0.5, 0.6) is 5.88 Å². The molecule has 0 radical (unpaired) electrons. The van der Waals surface area contributed by atoms with E-state index >= 15 is 4.39 Å². The number of nitrogens with one attached hydrogen (secondary N) is 2. The van der Waals surface area contributed by atoms with Crippen molar-refractivity contribution in [2.24, 2.45) is 5.92 Å². The number of ketones is 1. The second-order valence-electron chi connectivity index (χ2n) is 7.92. The highest BCUT2D eigenvalue weighted by atomic mass is 32.2. The minimum Gasteiger partial charge on any atom is -0.477 e. The van der Waals surface area contributed by atoms with Gasteiger partial charge in [0.1, 0.15) is 29.4 Å². The first kappa shape index (κ1) is 23.0. The zero-order valence-corrected chi connectivity index (χ0v) is 18.6. The Hall–Kier alpha value is -3.80. The van der Waals surface area contributed by atoms with Gasteiger partial charge in [0.15, 0.2) is 16.8 Å². The lowest BCUT2D eigenvalue weighted by molar-refractivity contribution is 0.103. The van der Waals surface area contributed by atoms with E-state index in [0.29, 0.717) is 18.6 Å². The number of nitrogens with zero attached hydrogens (tertiary/aromatic N) is 2. The summed E-state index contributed by atoms with van der Waals surface area (Å²) >= 11 is 0. The lowest BCUT2D eigenvalue weighted by Gasteiger charge is -2.12. The Balaban J connectivity index is 1.50. The van der Waals surface area contributed by atoms with Gasteiger partial charge in [-0.1, -0.05) is 0 Å². The molecule has 2 aromatic carbocycles. The van der Waals surface area contributed by atoms with Crippen molar-refractivity contribution in [3.63, 3.8) is 0 Å². The molecule has 2 aromatic heterocycles. The van der Waals surface area contributed by atoms with Crippen LogP contribution in [0.1, 0.15) is 28.8 Å². The van der Waals surface area contributed by atoms with Crippen LogP contribution < -0.4 is 9.46 Å². The molecule has 1 fully saturated rings. The molecule has 1 aliphatic carbocycles. The molecule has 0 aliphatic heterocycles. The van der Waals surface area contributed by atoms with Crippen LogP contribution in [0.2, 0.25) is 0 Å². The van der Waals surface area contributed by atoms with E-state index in [0.717, 1.165) is 37.1 Å². The number of aromatic nitrogens is 3. The average Bonchev–Trinajstić information content (AvgIpc) is 3.57. The van der Waals surface area contributed by atoms with E-state index in [1.807, 2.05) is 0 Å². The van der Waals surface area contributed by atoms with Crippen molar-refractivity contribution in [2.75, 3.05) is 11.3 Å². The normalized spacial score (nSPS) is 14.2. The van der Waals surface area contributed by atoms with Crippen LogP contribution >= 0.6 is 0 Å². The molecule has 1 aliphatic rings. The van der Waals surface area contributed by atoms with E-state index in [-0.39, 0.29) is 22.5 Å². The average molecular weight is 504 g/mol. The SMILES string of the molecule is O=C(c1c(F)ccc(NS(=O)c2cc(F)ccc2F)c1F)c1c[nH]c2ncnc(OCC3CC3)c12. The van der Waals surface area contributed by atoms with Gasteiger partial charge in [-0.3, -0.25) is 9.52 Å². The molecule has 5 rings (SSSR count). The molecule has 12 heteroatoms. The highest BCUT2D eigenvalue weighted by Gasteiger charge is 2.28. The molecule has 0 amide bonds. The van der Waals surface area contributed by atoms with Crippen LogP contribution in [0.4, 0.5) is 23.2 Å². The molecule has 2 N–H and O–H groups in total. The van der Waals surface area contributed by atoms with Gasteiger partial charge in [0.2, 0.25) is 11.7 Å². The lowest BCUT2D eigenvalue weighted by atomic mass is 10.0. The number of hydrogen-bond donors (Lipinski definition) is 2. The summed E-state index contributed by atoms with van der Waals surface area (Å²) in [6, 6.07) is 3.98. The van der Waals surface area contributed by atoms with Crippen molar-refractivity contribution in [2.45, 2.75) is 17.7 Å². The second-order valence-corrected chi connectivity index (χ2v) is 9.10. The highest BCUT2D eigenvalue weighted by molar-refractivity contribution is 7.86. The standard InChI is InChI=1S/C23H16F4N4O3S/c24-12-3-4-14(25)17(7-12)35(33)31-16-6-5-15(26)19(20(16)27)21(32)13-8-28-22-18(13)23(30-10-29-22)34-9-11-1-2-11/h3-8,10-11,31H,1-2,9H2,(H,28,29,30). The predicted molar refractivity (Wildman–Crippen MR) is 118 cm³/mol. The minimum atomic E-state index is -2.44. The van der Waals surface area contributed by atoms with Crippen molar-refractivity contribution in [1.29, 1.82) is 0 Å². The number of aromatic amines is 1. The number of halogens is 4. The van der Waals surface area contributed by atoms with Crippen LogP contribution in [0, 0.1) is 29.2 Å². The summed E-state index contributed by atoms with van der Waals surface area (Å²) in [5.41, 5.74) is -1.37. The van der Waals surface area contributed by atoms with Gasteiger partial charge in [0.05, 0.1) is 33.7 Å². The largest absolute Gasteiger partial charge is 0.477 e. The number of anilines is 1. The van der Waals surface area contributed by atoms with Crippen LogP contribution in [-0.4, -0.2) is 31.6 Å². The first-order valence-corrected chi connectivity index (χ1v) is 11.6. The van der Waals surface area contributed by atoms with Gasteiger partial charge >= 0.3 is 0 Å². The molecule has 0 bridgehead atoms. The summed E-state index contributed by atoms with van der Waals surface area (Å²) in [4.78, 5) is 23.5. The predicted octanol–water partition coefficient (Wildman–Crippen LogP) is 4.67. The Morgan fingerprint density at radius 2 is 1.89 bits per heavy atom. The van der Waals surface area contributed by atoms with Crippen molar-refractivity contribution < 1.29 is 31.3 Å². The van der Waals surface area contributed by atoms with Gasteiger partial charge < -0.3 is 9.72 Å². The van der Waals surface area contributed by atoms with Gasteiger partial charge in [-0.2, -0.15) is 0 Å². The van der Waals surface area contributed by atoms with E-state index in [9.17, 15) is 22.2 Å². The topological polar surface area (TPSA) is 97.0 Å². The van der Waals surface area contributed by atoms with Gasteiger partial charge in [-0.25, -0.2) is 31.7 Å². The third-order valence-corrected chi connectivity index (χ3v) is 6.56. The fourth-order valence-electron chi connectivity index (χ4n) is 3.45. The molecule has 1 saturated carbocycles. The van der Waals surface area contributed by atoms with Crippen LogP contribution in [0.25, 0.3) is 11.0 Å². The summed E-state index contributed by atoms with van der Waals surface area (Å²) in [5.74, 6) is -4.92. The first-order chi connectivity index (χ1) is 16.8. The summed E-state index contributed by atoms with van der Waals surface area (Å²) in [6.07, 6.45) is 4.52. The Labute approximate surface area is 198 Å². The van der Waals surface area contributed by atoms with Crippen molar-refractivity contribution in [3.05, 3.63) is 77.3 Å². The van der Waals surface area contributed by atoms with Crippen molar-refractivity contribution in [3.8, 4) is 5.88 Å². The molecule has 0 saturated heterocycles. The highest BCUT2D eigenvalue weighted by Crippen LogP contribution is 2.33. The Morgan fingerprint density at radius 1 is 1.11 bits per heavy atom. The summed E-state index contributed by atoms with van der Waals surface area (Å²) < 4.78 is 77.7. The fraction of sp³-hybridized carbons (Fsp3) is 0.174. The third-order valence-electron chi connectivity index (χ3n) is 5.45. The van der Waals surface area contributed by atoms with Gasteiger partial charge in [-0.05, 0) is 49.1 Å². The van der Waals surface area contributed by atoms with E-state index in [1.165, 1.54) is 12.5 Å². The molecule has 0 spiro atoms. The van der Waals surface area contributed by atoms with E-state index in [1.54, 1.807) is 0 Å². The number of carbonyl (C=O) groups excluding carboxylic acids is 1. The Kier molecular flexibility index (Phi) is 5.97. The lowest BCUT2D eigenvalue weighted by Crippen LogP contribution is -2.13. The number of ether oxygens (including phenoxy) is 1. The van der Waals surface area contributed by atoms with Gasteiger partial charge in [-0.15, -0.1) is 0 Å². The summed E-state index contributed by atoms with van der Waals surface area (Å²) in [6.45, 7) is 0.384. The van der Waals surface area contributed by atoms with Crippen LogP contribution in [0.15, 0.2) is 47.8 Å². The summed E-state index contributed by atoms with van der Waals surface area (Å²) in [5, 5.41) is 0.167. The van der Waals surface area contributed by atoms with Gasteiger partial charge in [0.25, 0.3) is 0 Å². The monoisotopic (exact) mass is 504 g/mol. The van der Waals surface area contributed by atoms with Crippen LogP contribution in [0.3, 0.4) is 0 Å². The molecule has 35 heavy (non-hydrogen) atoms. The number of carbonyl (C=O) groups is 1. The first-order valence-electron chi connectivity index (χ1n) is 10.4. The number of H-pyrrole nitrogens is 1. The quantitative estimate of drug-likeness (QED) is 0.269. The van der Waals surface area contributed by atoms with E-state index < -0.39 is 56.2 Å². The molecule has 1 unspecified atom stereocenters. The number of rotatable bonds is 8. The molecular weight excluding hydrogens is 488 g/mol. The van der Waals surface area contributed by atoms with Gasteiger partial charge in [0, 0.05) is 6.20 Å². The molecule has 7 nitrogen and oxygen atoms in total. The molecule has 1 atom stereocenters. The molecule has 4 aromatic rings. The third kappa shape index (κ3) is 4.48. The number of benzene rings is 2. The zero-order chi connectivity index (χ0) is 24.7. The fourth-order valence-corrected chi connectivity index (χ4v) is 4.38. The van der Waals surface area contributed by atoms with Crippen molar-refractivity contribution >= 4 is 33.5 Å². The second kappa shape index (κ2) is 9.10. The van der Waals surface area contributed by atoms with Crippen molar-refractivity contribution in [1.82, 2.24) is 15.0 Å². The molecule has 180 valence electrons. The number of hydrogen-bond acceptors (Lipinski definition) is 5. The maximum absolute atomic E-state index is 15.3. The maximum atomic E-state index is 15.3. The number of fused-ring (bicyclic) bond motifs is 1.